The summed E-state index contributed by atoms with van der Waals surface area (Å²) in [6.07, 6.45) is 1.54. The SMILES string of the molecule is COc1cc(/C=C2\SC(=S)N(c3ccc(F)c(Cl)c3)C2=O)ccc1OC(F)F. The van der Waals surface area contributed by atoms with Crippen LogP contribution in [0.5, 0.6) is 11.5 Å². The molecule has 1 fully saturated rings. The second-order valence-corrected chi connectivity index (χ2v) is 7.49. The molecule has 3 rings (SSSR count). The number of hydrogen-bond acceptors (Lipinski definition) is 5. The van der Waals surface area contributed by atoms with Crippen molar-refractivity contribution in [3.05, 3.63) is 57.7 Å². The number of amides is 1. The highest BCUT2D eigenvalue weighted by atomic mass is 35.5. The minimum Gasteiger partial charge on any atom is -0.493 e. The van der Waals surface area contributed by atoms with Gasteiger partial charge in [-0.05, 0) is 42.0 Å². The molecule has 0 unspecified atom stereocenters. The van der Waals surface area contributed by atoms with Gasteiger partial charge in [-0.3, -0.25) is 9.69 Å². The van der Waals surface area contributed by atoms with E-state index in [0.717, 1.165) is 17.8 Å². The largest absolute Gasteiger partial charge is 0.493 e. The number of thiocarbonyl (C=S) groups is 1. The second-order valence-electron chi connectivity index (χ2n) is 5.40. The summed E-state index contributed by atoms with van der Waals surface area (Å²) in [6, 6.07) is 8.13. The number of alkyl halides is 2. The van der Waals surface area contributed by atoms with Crippen molar-refractivity contribution in [2.75, 3.05) is 12.0 Å². The lowest BCUT2D eigenvalue weighted by Gasteiger charge is -2.14. The van der Waals surface area contributed by atoms with Crippen LogP contribution in [0.15, 0.2) is 41.3 Å². The van der Waals surface area contributed by atoms with Crippen molar-refractivity contribution in [3.63, 3.8) is 0 Å². The Kier molecular flexibility index (Phi) is 6.17. The van der Waals surface area contributed by atoms with E-state index in [9.17, 15) is 18.0 Å². The highest BCUT2D eigenvalue weighted by Crippen LogP contribution is 2.38. The van der Waals surface area contributed by atoms with Gasteiger partial charge in [0, 0.05) is 0 Å². The summed E-state index contributed by atoms with van der Waals surface area (Å²) in [7, 11) is 1.31. The third-order valence-corrected chi connectivity index (χ3v) is 5.25. The van der Waals surface area contributed by atoms with Crippen molar-refractivity contribution in [3.8, 4) is 11.5 Å². The Morgan fingerprint density at radius 3 is 2.61 bits per heavy atom. The topological polar surface area (TPSA) is 38.8 Å². The minimum absolute atomic E-state index is 0.0924. The molecule has 4 nitrogen and oxygen atoms in total. The lowest BCUT2D eigenvalue weighted by Crippen LogP contribution is -2.27. The molecule has 2 aromatic rings. The van der Waals surface area contributed by atoms with Crippen molar-refractivity contribution in [2.45, 2.75) is 6.61 Å². The fraction of sp³-hybridized carbons (Fsp3) is 0.111. The Morgan fingerprint density at radius 2 is 1.96 bits per heavy atom. The van der Waals surface area contributed by atoms with E-state index >= 15 is 0 Å². The number of anilines is 1. The monoisotopic (exact) mass is 445 g/mol. The number of benzene rings is 2. The molecule has 0 bridgehead atoms. The molecule has 1 saturated heterocycles. The van der Waals surface area contributed by atoms with E-state index in [1.54, 1.807) is 6.08 Å². The predicted molar refractivity (Wildman–Crippen MR) is 107 cm³/mol. The van der Waals surface area contributed by atoms with Crippen LogP contribution >= 0.6 is 35.6 Å². The Balaban J connectivity index is 1.90. The summed E-state index contributed by atoms with van der Waals surface area (Å²) < 4.78 is 47.9. The van der Waals surface area contributed by atoms with E-state index in [2.05, 4.69) is 4.74 Å². The van der Waals surface area contributed by atoms with Crippen LogP contribution in [0.25, 0.3) is 6.08 Å². The predicted octanol–water partition coefficient (Wildman–Crippen LogP) is 5.49. The van der Waals surface area contributed by atoms with Gasteiger partial charge in [-0.1, -0.05) is 41.6 Å². The Bertz CT molecular complexity index is 985. The van der Waals surface area contributed by atoms with Gasteiger partial charge in [0.15, 0.2) is 15.8 Å². The fourth-order valence-corrected chi connectivity index (χ4v) is 3.91. The molecule has 0 N–H and O–H groups in total. The molecule has 146 valence electrons. The van der Waals surface area contributed by atoms with Gasteiger partial charge in [0.1, 0.15) is 5.82 Å². The van der Waals surface area contributed by atoms with E-state index in [1.165, 1.54) is 42.3 Å². The zero-order valence-electron chi connectivity index (χ0n) is 14.1. The summed E-state index contributed by atoms with van der Waals surface area (Å²) in [5.41, 5.74) is 0.867. The number of carbonyl (C=O) groups is 1. The number of carbonyl (C=O) groups excluding carboxylic acids is 1. The van der Waals surface area contributed by atoms with Gasteiger partial charge in [-0.15, -0.1) is 0 Å². The van der Waals surface area contributed by atoms with Crippen LogP contribution in [0, 0.1) is 5.82 Å². The standard InChI is InChI=1S/C18H11ClF3NO3S2/c1-25-14-6-9(2-5-13(14)26-17(21)22)7-15-16(24)23(18(27)28-15)10-3-4-12(20)11(19)8-10/h2-8,17H,1H3/b15-7-. The van der Waals surface area contributed by atoms with Crippen molar-refractivity contribution in [1.29, 1.82) is 0 Å². The average molecular weight is 446 g/mol. The highest BCUT2D eigenvalue weighted by molar-refractivity contribution is 8.27. The molecule has 0 aromatic heterocycles. The number of hydrogen-bond donors (Lipinski definition) is 0. The van der Waals surface area contributed by atoms with Crippen LogP contribution in [0.3, 0.4) is 0 Å². The average Bonchev–Trinajstić information content (AvgIpc) is 2.92. The summed E-state index contributed by atoms with van der Waals surface area (Å²) in [6.45, 7) is -2.99. The highest BCUT2D eigenvalue weighted by Gasteiger charge is 2.33. The number of nitrogens with zero attached hydrogens (tertiary/aromatic N) is 1. The summed E-state index contributed by atoms with van der Waals surface area (Å²) >= 11 is 12.1. The van der Waals surface area contributed by atoms with Crippen molar-refractivity contribution < 1.29 is 27.4 Å². The molecule has 1 amide bonds. The molecular formula is C18H11ClF3NO3S2. The van der Waals surface area contributed by atoms with Gasteiger partial charge in [-0.2, -0.15) is 8.78 Å². The summed E-state index contributed by atoms with van der Waals surface area (Å²) in [5.74, 6) is -1.05. The van der Waals surface area contributed by atoms with Crippen LogP contribution in [0.4, 0.5) is 18.9 Å². The molecule has 2 aromatic carbocycles. The van der Waals surface area contributed by atoms with Gasteiger partial charge >= 0.3 is 6.61 Å². The molecule has 28 heavy (non-hydrogen) atoms. The molecule has 0 saturated carbocycles. The third kappa shape index (κ3) is 4.26. The first-order valence-corrected chi connectivity index (χ1v) is 9.26. The van der Waals surface area contributed by atoms with Gasteiger partial charge in [-0.25, -0.2) is 4.39 Å². The van der Waals surface area contributed by atoms with Crippen molar-refractivity contribution >= 4 is 57.6 Å². The molecule has 0 radical (unpaired) electrons. The quantitative estimate of drug-likeness (QED) is 0.449. The molecule has 1 aliphatic heterocycles. The van der Waals surface area contributed by atoms with Gasteiger partial charge in [0.05, 0.1) is 22.7 Å². The first-order valence-electron chi connectivity index (χ1n) is 7.66. The van der Waals surface area contributed by atoms with Crippen LogP contribution in [-0.4, -0.2) is 23.9 Å². The number of methoxy groups -OCH3 is 1. The number of ether oxygens (including phenoxy) is 2. The van der Waals surface area contributed by atoms with E-state index in [4.69, 9.17) is 28.6 Å². The maximum atomic E-state index is 13.4. The number of halogens is 4. The molecule has 10 heteroatoms. The molecule has 1 heterocycles. The maximum Gasteiger partial charge on any atom is 0.387 e. The summed E-state index contributed by atoms with van der Waals surface area (Å²) in [4.78, 5) is 14.3. The third-order valence-electron chi connectivity index (χ3n) is 3.66. The zero-order chi connectivity index (χ0) is 20.4. The number of rotatable bonds is 5. The van der Waals surface area contributed by atoms with Crippen LogP contribution in [0.2, 0.25) is 5.02 Å². The molecule has 0 spiro atoms. The van der Waals surface area contributed by atoms with Crippen LogP contribution in [-0.2, 0) is 4.79 Å². The fourth-order valence-electron chi connectivity index (χ4n) is 2.43. The van der Waals surface area contributed by atoms with Gasteiger partial charge in [0.25, 0.3) is 5.91 Å². The maximum absolute atomic E-state index is 13.4. The van der Waals surface area contributed by atoms with Crippen molar-refractivity contribution in [2.24, 2.45) is 0 Å². The van der Waals surface area contributed by atoms with Crippen LogP contribution in [0.1, 0.15) is 5.56 Å². The molecule has 0 atom stereocenters. The summed E-state index contributed by atoms with van der Waals surface area (Å²) in [5, 5.41) is -0.130. The lowest BCUT2D eigenvalue weighted by molar-refractivity contribution is -0.113. The van der Waals surface area contributed by atoms with E-state index in [1.807, 2.05) is 0 Å². The molecular weight excluding hydrogens is 435 g/mol. The Hall–Kier alpha value is -2.23. The smallest absolute Gasteiger partial charge is 0.387 e. The van der Waals surface area contributed by atoms with Crippen molar-refractivity contribution in [1.82, 2.24) is 0 Å². The first kappa shape index (κ1) is 20.5. The Morgan fingerprint density at radius 1 is 1.21 bits per heavy atom. The van der Waals surface area contributed by atoms with E-state index < -0.39 is 18.3 Å². The molecule has 1 aliphatic rings. The van der Waals surface area contributed by atoms with Crippen LogP contribution < -0.4 is 14.4 Å². The lowest BCUT2D eigenvalue weighted by atomic mass is 10.2. The Labute approximate surface area is 172 Å². The minimum atomic E-state index is -2.99. The zero-order valence-corrected chi connectivity index (χ0v) is 16.5. The number of thioether (sulfide) groups is 1. The normalized spacial score (nSPS) is 15.6. The molecule has 0 aliphatic carbocycles. The van der Waals surface area contributed by atoms with E-state index in [-0.39, 0.29) is 20.8 Å². The first-order chi connectivity index (χ1) is 13.3. The second kappa shape index (κ2) is 8.42. The van der Waals surface area contributed by atoms with E-state index in [0.29, 0.717) is 16.2 Å². The van der Waals surface area contributed by atoms with Gasteiger partial charge in [0.2, 0.25) is 0 Å². The van der Waals surface area contributed by atoms with Gasteiger partial charge < -0.3 is 9.47 Å².